The Labute approximate surface area is 122 Å². The molecule has 0 atom stereocenters. The van der Waals surface area contributed by atoms with Crippen molar-refractivity contribution in [2.24, 2.45) is 0 Å². The Balaban J connectivity index is 2.78. The molecule has 0 saturated carbocycles. The first-order valence-corrected chi connectivity index (χ1v) is 6.15. The van der Waals surface area contributed by atoms with E-state index in [0.29, 0.717) is 5.56 Å². The van der Waals surface area contributed by atoms with E-state index in [1.165, 1.54) is 26.4 Å². The molecule has 1 rings (SSSR count). The lowest BCUT2D eigenvalue weighted by Crippen LogP contribution is -2.41. The lowest BCUT2D eigenvalue weighted by atomic mass is 10.1. The van der Waals surface area contributed by atoms with Crippen molar-refractivity contribution in [2.45, 2.75) is 6.42 Å². The number of rotatable bonds is 6. The predicted molar refractivity (Wildman–Crippen MR) is 72.4 cm³/mol. The number of esters is 2. The van der Waals surface area contributed by atoms with Gasteiger partial charge >= 0.3 is 11.9 Å². The van der Waals surface area contributed by atoms with E-state index in [4.69, 9.17) is 0 Å². The van der Waals surface area contributed by atoms with Crippen molar-refractivity contribution in [1.82, 2.24) is 4.90 Å². The molecule has 1 aromatic carbocycles. The van der Waals surface area contributed by atoms with Gasteiger partial charge in [0.1, 0.15) is 18.8 Å². The third-order valence-electron chi connectivity index (χ3n) is 2.71. The number of amides is 1. The molecular formula is C14H17NO6. The highest BCUT2D eigenvalue weighted by Gasteiger charge is 2.21. The van der Waals surface area contributed by atoms with Crippen LogP contribution in [0.3, 0.4) is 0 Å². The summed E-state index contributed by atoms with van der Waals surface area (Å²) in [6, 6.07) is 6.18. The van der Waals surface area contributed by atoms with Gasteiger partial charge in [0.2, 0.25) is 5.91 Å². The molecule has 0 aliphatic heterocycles. The van der Waals surface area contributed by atoms with Crippen LogP contribution in [-0.2, 0) is 30.3 Å². The van der Waals surface area contributed by atoms with E-state index in [9.17, 15) is 19.5 Å². The van der Waals surface area contributed by atoms with Gasteiger partial charge < -0.3 is 19.5 Å². The van der Waals surface area contributed by atoms with E-state index >= 15 is 0 Å². The fraction of sp³-hybridized carbons (Fsp3) is 0.357. The number of ether oxygens (including phenoxy) is 2. The van der Waals surface area contributed by atoms with Crippen LogP contribution in [0.25, 0.3) is 0 Å². The molecule has 0 saturated heterocycles. The minimum Gasteiger partial charge on any atom is -0.508 e. The number of phenolic OH excluding ortho intramolecular Hbond substituents is 1. The van der Waals surface area contributed by atoms with E-state index in [-0.39, 0.29) is 25.3 Å². The Morgan fingerprint density at radius 2 is 1.67 bits per heavy atom. The lowest BCUT2D eigenvalue weighted by Gasteiger charge is -2.20. The first kappa shape index (κ1) is 16.5. The van der Waals surface area contributed by atoms with Gasteiger partial charge in [-0.25, -0.2) is 0 Å². The van der Waals surface area contributed by atoms with Gasteiger partial charge in [-0.2, -0.15) is 0 Å². The second-order valence-corrected chi connectivity index (χ2v) is 4.25. The zero-order valence-corrected chi connectivity index (χ0v) is 11.9. The number of hydrogen-bond donors (Lipinski definition) is 1. The van der Waals surface area contributed by atoms with E-state index in [0.717, 1.165) is 4.90 Å². The molecule has 0 aliphatic carbocycles. The SMILES string of the molecule is COC(=O)CN(CC(=O)OC)C(=O)Cc1cccc(O)c1. The molecule has 1 amide bonds. The molecule has 0 fully saturated rings. The van der Waals surface area contributed by atoms with Crippen LogP contribution in [0.5, 0.6) is 5.75 Å². The van der Waals surface area contributed by atoms with Gasteiger partial charge in [-0.15, -0.1) is 0 Å². The Bertz CT molecular complexity index is 510. The lowest BCUT2D eigenvalue weighted by molar-refractivity contribution is -0.151. The average molecular weight is 295 g/mol. The van der Waals surface area contributed by atoms with Gasteiger partial charge in [0, 0.05) is 0 Å². The standard InChI is InChI=1S/C14H17NO6/c1-20-13(18)8-15(9-14(19)21-2)12(17)7-10-4-3-5-11(16)6-10/h3-6,16H,7-9H2,1-2H3. The monoisotopic (exact) mass is 295 g/mol. The second kappa shape index (κ2) is 7.88. The summed E-state index contributed by atoms with van der Waals surface area (Å²) in [5, 5.41) is 9.36. The average Bonchev–Trinajstić information content (AvgIpc) is 2.46. The van der Waals surface area contributed by atoms with Gasteiger partial charge in [0.05, 0.1) is 20.6 Å². The van der Waals surface area contributed by atoms with Crippen molar-refractivity contribution in [3.05, 3.63) is 29.8 Å². The largest absolute Gasteiger partial charge is 0.508 e. The van der Waals surface area contributed by atoms with Gasteiger partial charge in [-0.05, 0) is 17.7 Å². The molecule has 114 valence electrons. The van der Waals surface area contributed by atoms with Crippen LogP contribution in [0.1, 0.15) is 5.56 Å². The molecular weight excluding hydrogens is 278 g/mol. The van der Waals surface area contributed by atoms with Crippen LogP contribution in [0, 0.1) is 0 Å². The van der Waals surface area contributed by atoms with Crippen molar-refractivity contribution < 1.29 is 29.0 Å². The zero-order valence-electron chi connectivity index (χ0n) is 11.9. The second-order valence-electron chi connectivity index (χ2n) is 4.25. The van der Waals surface area contributed by atoms with Crippen molar-refractivity contribution in [1.29, 1.82) is 0 Å². The first-order chi connectivity index (χ1) is 9.96. The van der Waals surface area contributed by atoms with Crippen LogP contribution in [0.4, 0.5) is 0 Å². The van der Waals surface area contributed by atoms with Gasteiger partial charge in [-0.3, -0.25) is 14.4 Å². The summed E-state index contributed by atoms with van der Waals surface area (Å²) in [5.41, 5.74) is 0.569. The smallest absolute Gasteiger partial charge is 0.325 e. The molecule has 0 aromatic heterocycles. The number of benzene rings is 1. The third-order valence-corrected chi connectivity index (χ3v) is 2.71. The molecule has 7 nitrogen and oxygen atoms in total. The van der Waals surface area contributed by atoms with Crippen LogP contribution in [-0.4, -0.2) is 55.2 Å². The normalized spacial score (nSPS) is 9.81. The minimum absolute atomic E-state index is 0.0350. The van der Waals surface area contributed by atoms with Crippen molar-refractivity contribution in [2.75, 3.05) is 27.3 Å². The number of hydrogen-bond acceptors (Lipinski definition) is 6. The Morgan fingerprint density at radius 1 is 1.10 bits per heavy atom. The molecule has 0 heterocycles. The molecule has 0 unspecified atom stereocenters. The molecule has 21 heavy (non-hydrogen) atoms. The van der Waals surface area contributed by atoms with Crippen LogP contribution < -0.4 is 0 Å². The summed E-state index contributed by atoms with van der Waals surface area (Å²) in [6.45, 7) is -0.688. The van der Waals surface area contributed by atoms with E-state index in [1.54, 1.807) is 12.1 Å². The number of nitrogens with zero attached hydrogens (tertiary/aromatic N) is 1. The number of carbonyl (C=O) groups excluding carboxylic acids is 3. The quantitative estimate of drug-likeness (QED) is 0.749. The predicted octanol–water partition coefficient (Wildman–Crippen LogP) is 0.109. The Hall–Kier alpha value is -2.57. The number of aromatic hydroxyl groups is 1. The highest BCUT2D eigenvalue weighted by molar-refractivity contribution is 5.87. The van der Waals surface area contributed by atoms with Crippen LogP contribution >= 0.6 is 0 Å². The Kier molecular flexibility index (Phi) is 6.19. The van der Waals surface area contributed by atoms with E-state index in [2.05, 4.69) is 9.47 Å². The summed E-state index contributed by atoms with van der Waals surface area (Å²) in [4.78, 5) is 35.8. The van der Waals surface area contributed by atoms with E-state index in [1.807, 2.05) is 0 Å². The molecule has 1 N–H and O–H groups in total. The maximum atomic E-state index is 12.2. The molecule has 7 heteroatoms. The minimum atomic E-state index is -0.636. The fourth-order valence-electron chi connectivity index (χ4n) is 1.63. The van der Waals surface area contributed by atoms with Gasteiger partial charge in [-0.1, -0.05) is 12.1 Å². The topological polar surface area (TPSA) is 93.1 Å². The molecule has 0 spiro atoms. The molecule has 1 aromatic rings. The van der Waals surface area contributed by atoms with Crippen molar-refractivity contribution in [3.8, 4) is 5.75 Å². The summed E-state index contributed by atoms with van der Waals surface area (Å²) in [5.74, 6) is -1.68. The van der Waals surface area contributed by atoms with Gasteiger partial charge in [0.15, 0.2) is 0 Å². The molecule has 0 aliphatic rings. The third kappa shape index (κ3) is 5.52. The summed E-state index contributed by atoms with van der Waals surface area (Å²) in [7, 11) is 2.39. The first-order valence-electron chi connectivity index (χ1n) is 6.15. The number of phenols is 1. The fourth-order valence-corrected chi connectivity index (χ4v) is 1.63. The summed E-state index contributed by atoms with van der Waals surface area (Å²) >= 11 is 0. The maximum Gasteiger partial charge on any atom is 0.325 e. The highest BCUT2D eigenvalue weighted by Crippen LogP contribution is 2.12. The van der Waals surface area contributed by atoms with E-state index < -0.39 is 17.8 Å². The zero-order chi connectivity index (χ0) is 15.8. The Morgan fingerprint density at radius 3 is 2.14 bits per heavy atom. The summed E-state index contributed by atoms with van der Waals surface area (Å²) < 4.78 is 8.98. The molecule has 0 bridgehead atoms. The number of methoxy groups -OCH3 is 2. The maximum absolute atomic E-state index is 12.2. The van der Waals surface area contributed by atoms with Crippen molar-refractivity contribution >= 4 is 17.8 Å². The highest BCUT2D eigenvalue weighted by atomic mass is 16.5. The molecule has 0 radical (unpaired) electrons. The van der Waals surface area contributed by atoms with Gasteiger partial charge in [0.25, 0.3) is 0 Å². The summed E-state index contributed by atoms with van der Waals surface area (Å²) in [6.07, 6.45) is -0.0532. The van der Waals surface area contributed by atoms with Crippen LogP contribution in [0.15, 0.2) is 24.3 Å². The van der Waals surface area contributed by atoms with Crippen molar-refractivity contribution in [3.63, 3.8) is 0 Å². The number of carbonyl (C=O) groups is 3. The van der Waals surface area contributed by atoms with Crippen LogP contribution in [0.2, 0.25) is 0 Å².